The molecule has 0 fully saturated rings. The molecule has 0 bridgehead atoms. The second-order valence-electron chi connectivity index (χ2n) is 3.42. The number of nitrogens with one attached hydrogen (secondary N) is 1. The minimum Gasteiger partial charge on any atom is -0.396 e. The first-order valence-corrected chi connectivity index (χ1v) is 4.35. The molecule has 0 aliphatic carbocycles. The normalized spacial score (nSPS) is 10.6. The van der Waals surface area contributed by atoms with Crippen LogP contribution in [0.5, 0.6) is 0 Å². The van der Waals surface area contributed by atoms with E-state index < -0.39 is 5.41 Å². The van der Waals surface area contributed by atoms with Crippen LogP contribution in [0.15, 0.2) is 0 Å². The van der Waals surface area contributed by atoms with Gasteiger partial charge in [0.25, 0.3) is 0 Å². The van der Waals surface area contributed by atoms with Gasteiger partial charge in [0, 0.05) is 13.2 Å². The number of hydrogen-bond acceptors (Lipinski definition) is 3. The monoisotopic (exact) mass is 184 g/mol. The summed E-state index contributed by atoms with van der Waals surface area (Å²) in [5, 5.41) is 19.7. The van der Waals surface area contributed by atoms with E-state index in [1.807, 2.05) is 6.07 Å². The van der Waals surface area contributed by atoms with Crippen LogP contribution < -0.4 is 5.32 Å². The summed E-state index contributed by atoms with van der Waals surface area (Å²) >= 11 is 0. The number of rotatable bonds is 5. The summed E-state index contributed by atoms with van der Waals surface area (Å²) < 4.78 is 0. The van der Waals surface area contributed by atoms with E-state index in [9.17, 15) is 4.79 Å². The summed E-state index contributed by atoms with van der Waals surface area (Å²) in [7, 11) is 0. The zero-order valence-electron chi connectivity index (χ0n) is 8.13. The van der Waals surface area contributed by atoms with Crippen LogP contribution >= 0.6 is 0 Å². The third-order valence-corrected chi connectivity index (χ3v) is 1.72. The van der Waals surface area contributed by atoms with E-state index in [-0.39, 0.29) is 12.5 Å². The van der Waals surface area contributed by atoms with Gasteiger partial charge in [-0.15, -0.1) is 0 Å². The second kappa shape index (κ2) is 5.55. The number of carbonyl (C=O) groups excluding carboxylic acids is 1. The van der Waals surface area contributed by atoms with Gasteiger partial charge in [-0.3, -0.25) is 4.79 Å². The largest absolute Gasteiger partial charge is 0.396 e. The molecule has 0 aromatic rings. The van der Waals surface area contributed by atoms with Crippen molar-refractivity contribution >= 4 is 5.91 Å². The molecule has 4 heteroatoms. The molecular weight excluding hydrogens is 168 g/mol. The van der Waals surface area contributed by atoms with Crippen LogP contribution in [-0.2, 0) is 4.79 Å². The van der Waals surface area contributed by atoms with Crippen LogP contribution in [-0.4, -0.2) is 24.2 Å². The Hall–Kier alpha value is -1.08. The molecule has 0 unspecified atom stereocenters. The highest BCUT2D eigenvalue weighted by Gasteiger charge is 2.26. The van der Waals surface area contributed by atoms with Gasteiger partial charge in [0.05, 0.1) is 6.07 Å². The Labute approximate surface area is 78.6 Å². The summed E-state index contributed by atoms with van der Waals surface area (Å²) in [5.41, 5.74) is -0.959. The van der Waals surface area contributed by atoms with Crippen molar-refractivity contribution in [1.29, 1.82) is 5.26 Å². The third-order valence-electron chi connectivity index (χ3n) is 1.72. The van der Waals surface area contributed by atoms with Crippen LogP contribution in [0.25, 0.3) is 0 Å². The van der Waals surface area contributed by atoms with Crippen LogP contribution in [0.4, 0.5) is 0 Å². The van der Waals surface area contributed by atoms with Crippen molar-refractivity contribution in [3.63, 3.8) is 0 Å². The van der Waals surface area contributed by atoms with Crippen LogP contribution in [0.3, 0.4) is 0 Å². The zero-order chi connectivity index (χ0) is 10.3. The first kappa shape index (κ1) is 11.9. The Bertz CT molecular complexity index is 206. The van der Waals surface area contributed by atoms with Crippen LogP contribution in [0, 0.1) is 16.7 Å². The van der Waals surface area contributed by atoms with Crippen LogP contribution in [0.1, 0.15) is 26.7 Å². The molecule has 0 saturated heterocycles. The maximum atomic E-state index is 11.3. The topological polar surface area (TPSA) is 73.1 Å². The lowest BCUT2D eigenvalue weighted by Gasteiger charge is -2.14. The molecule has 4 nitrogen and oxygen atoms in total. The number of amides is 1. The van der Waals surface area contributed by atoms with Crippen molar-refractivity contribution < 1.29 is 9.90 Å². The highest BCUT2D eigenvalue weighted by atomic mass is 16.2. The zero-order valence-corrected chi connectivity index (χ0v) is 8.13. The van der Waals surface area contributed by atoms with Gasteiger partial charge < -0.3 is 10.4 Å². The molecule has 0 atom stereocenters. The minimum atomic E-state index is -0.959. The predicted octanol–water partition coefficient (Wildman–Crippen LogP) is 0.425. The van der Waals surface area contributed by atoms with E-state index in [0.717, 1.165) is 6.42 Å². The number of nitrogens with zero attached hydrogens (tertiary/aromatic N) is 1. The minimum absolute atomic E-state index is 0.136. The van der Waals surface area contributed by atoms with Gasteiger partial charge >= 0.3 is 0 Å². The fourth-order valence-corrected chi connectivity index (χ4v) is 0.710. The lowest BCUT2D eigenvalue weighted by atomic mass is 9.95. The third kappa shape index (κ3) is 4.48. The molecule has 0 aliphatic heterocycles. The SMILES string of the molecule is CC(C)(C#N)C(=O)NCCCCO. The van der Waals surface area contributed by atoms with Crippen LogP contribution in [0.2, 0.25) is 0 Å². The molecule has 2 N–H and O–H groups in total. The van der Waals surface area contributed by atoms with Crippen molar-refractivity contribution in [3.05, 3.63) is 0 Å². The summed E-state index contributed by atoms with van der Waals surface area (Å²) in [6, 6.07) is 1.92. The van der Waals surface area contributed by atoms with Crippen molar-refractivity contribution in [1.82, 2.24) is 5.32 Å². The first-order valence-electron chi connectivity index (χ1n) is 4.35. The Balaban J connectivity index is 3.70. The molecule has 74 valence electrons. The summed E-state index contributed by atoms with van der Waals surface area (Å²) in [4.78, 5) is 11.3. The molecule has 0 rings (SSSR count). The van der Waals surface area contributed by atoms with E-state index in [1.165, 1.54) is 0 Å². The van der Waals surface area contributed by atoms with E-state index in [0.29, 0.717) is 13.0 Å². The van der Waals surface area contributed by atoms with Crippen molar-refractivity contribution in [2.45, 2.75) is 26.7 Å². The van der Waals surface area contributed by atoms with Crippen molar-refractivity contribution in [2.75, 3.05) is 13.2 Å². The molecule has 1 amide bonds. The standard InChI is InChI=1S/C9H16N2O2/c1-9(2,7-10)8(13)11-5-3-4-6-12/h12H,3-6H2,1-2H3,(H,11,13). The van der Waals surface area contributed by atoms with Gasteiger partial charge in [-0.05, 0) is 26.7 Å². The molecule has 0 aliphatic rings. The number of aliphatic hydroxyl groups excluding tert-OH is 1. The number of unbranched alkanes of at least 4 members (excludes halogenated alkanes) is 1. The molecule has 13 heavy (non-hydrogen) atoms. The van der Waals surface area contributed by atoms with E-state index in [2.05, 4.69) is 5.32 Å². The Kier molecular flexibility index (Phi) is 5.09. The molecule has 0 saturated carbocycles. The fraction of sp³-hybridized carbons (Fsp3) is 0.778. The fourth-order valence-electron chi connectivity index (χ4n) is 0.710. The summed E-state index contributed by atoms with van der Waals surface area (Å²) in [6.45, 7) is 3.81. The molecule has 0 spiro atoms. The highest BCUT2D eigenvalue weighted by molar-refractivity contribution is 5.84. The Morgan fingerprint density at radius 3 is 2.62 bits per heavy atom. The maximum absolute atomic E-state index is 11.3. The van der Waals surface area contributed by atoms with Gasteiger partial charge in [0.1, 0.15) is 5.41 Å². The lowest BCUT2D eigenvalue weighted by Crippen LogP contribution is -2.36. The lowest BCUT2D eigenvalue weighted by molar-refractivity contribution is -0.126. The Morgan fingerprint density at radius 2 is 2.15 bits per heavy atom. The van der Waals surface area contributed by atoms with Crippen molar-refractivity contribution in [2.24, 2.45) is 5.41 Å². The number of aliphatic hydroxyl groups is 1. The van der Waals surface area contributed by atoms with E-state index >= 15 is 0 Å². The summed E-state index contributed by atoms with van der Waals surface area (Å²) in [5.74, 6) is -0.257. The first-order chi connectivity index (χ1) is 6.04. The maximum Gasteiger partial charge on any atom is 0.239 e. The average Bonchev–Trinajstić information content (AvgIpc) is 2.12. The van der Waals surface area contributed by atoms with Gasteiger partial charge in [0.15, 0.2) is 0 Å². The van der Waals surface area contributed by atoms with Gasteiger partial charge in [0.2, 0.25) is 5.91 Å². The van der Waals surface area contributed by atoms with E-state index in [1.54, 1.807) is 13.8 Å². The molecule has 0 heterocycles. The number of carbonyl (C=O) groups is 1. The predicted molar refractivity (Wildman–Crippen MR) is 48.7 cm³/mol. The molecular formula is C9H16N2O2. The van der Waals surface area contributed by atoms with Gasteiger partial charge in [-0.2, -0.15) is 5.26 Å². The number of hydrogen-bond donors (Lipinski definition) is 2. The highest BCUT2D eigenvalue weighted by Crippen LogP contribution is 2.12. The van der Waals surface area contributed by atoms with Gasteiger partial charge in [-0.1, -0.05) is 0 Å². The van der Waals surface area contributed by atoms with Gasteiger partial charge in [-0.25, -0.2) is 0 Å². The Morgan fingerprint density at radius 1 is 1.54 bits per heavy atom. The second-order valence-corrected chi connectivity index (χ2v) is 3.42. The van der Waals surface area contributed by atoms with Crippen molar-refractivity contribution in [3.8, 4) is 6.07 Å². The number of nitriles is 1. The van der Waals surface area contributed by atoms with E-state index in [4.69, 9.17) is 10.4 Å². The smallest absolute Gasteiger partial charge is 0.239 e. The molecule has 0 aromatic heterocycles. The molecule has 0 aromatic carbocycles. The quantitative estimate of drug-likeness (QED) is 0.608. The average molecular weight is 184 g/mol. The summed E-state index contributed by atoms with van der Waals surface area (Å²) in [6.07, 6.45) is 1.41. The molecule has 0 radical (unpaired) electrons.